The monoisotopic (exact) mass is 275 g/mol. The van der Waals surface area contributed by atoms with Crippen molar-refractivity contribution in [1.29, 1.82) is 0 Å². The summed E-state index contributed by atoms with van der Waals surface area (Å²) in [5.74, 6) is 0. The molecule has 1 aliphatic rings. The molecule has 0 spiro atoms. The number of nitrogens with one attached hydrogen (secondary N) is 1. The van der Waals surface area contributed by atoms with Gasteiger partial charge in [-0.05, 0) is 12.1 Å². The lowest BCUT2D eigenvalue weighted by Crippen LogP contribution is -3.08. The van der Waals surface area contributed by atoms with Crippen molar-refractivity contribution < 1.29 is 17.3 Å². The summed E-state index contributed by atoms with van der Waals surface area (Å²) in [6.45, 7) is 3.90. The van der Waals surface area contributed by atoms with Crippen LogP contribution in [0.2, 0.25) is 0 Å². The van der Waals surface area contributed by atoms with Gasteiger partial charge in [-0.2, -0.15) is 0 Å². The zero-order chi connectivity index (χ0) is 9.10. The molecule has 0 unspecified atom stereocenters. The van der Waals surface area contributed by atoms with Crippen LogP contribution < -0.4 is 17.3 Å². The van der Waals surface area contributed by atoms with Gasteiger partial charge in [-0.1, -0.05) is 28.1 Å². The molecule has 1 aromatic carbocycles. The summed E-state index contributed by atoms with van der Waals surface area (Å²) in [5.41, 5.74) is 1.45. The molecule has 1 aliphatic heterocycles. The van der Waals surface area contributed by atoms with Crippen LogP contribution in [-0.4, -0.2) is 13.1 Å². The van der Waals surface area contributed by atoms with E-state index >= 15 is 0 Å². The van der Waals surface area contributed by atoms with E-state index in [-0.39, 0.29) is 12.4 Å². The van der Waals surface area contributed by atoms with Crippen LogP contribution in [0.3, 0.4) is 0 Å². The first-order valence-corrected chi connectivity index (χ1v) is 5.72. The van der Waals surface area contributed by atoms with Crippen molar-refractivity contribution >= 4 is 15.9 Å². The van der Waals surface area contributed by atoms with Gasteiger partial charge in [0.05, 0.1) is 13.1 Å². The third-order valence-corrected chi connectivity index (χ3v) is 3.15. The highest BCUT2D eigenvalue weighted by molar-refractivity contribution is 9.10. The van der Waals surface area contributed by atoms with E-state index in [2.05, 4.69) is 40.2 Å². The number of halogens is 2. The maximum atomic E-state index is 3.50. The summed E-state index contributed by atoms with van der Waals surface area (Å²) in [5, 5.41) is 0. The van der Waals surface area contributed by atoms with E-state index in [1.165, 1.54) is 42.5 Å². The van der Waals surface area contributed by atoms with Crippen molar-refractivity contribution in [2.75, 3.05) is 13.1 Å². The molecule has 0 amide bonds. The standard InChI is InChI=1S/C11H14BrN.ClH/c12-11-5-3-4-10(8-11)9-13-6-1-2-7-13;/h3-5,8H,1-2,6-7,9H2;1H. The fourth-order valence-corrected chi connectivity index (χ4v) is 2.43. The van der Waals surface area contributed by atoms with Gasteiger partial charge in [0.25, 0.3) is 0 Å². The van der Waals surface area contributed by atoms with Crippen molar-refractivity contribution in [3.8, 4) is 0 Å². The van der Waals surface area contributed by atoms with Crippen LogP contribution in [0.4, 0.5) is 0 Å². The maximum Gasteiger partial charge on any atom is 0.103 e. The Morgan fingerprint density at radius 2 is 1.93 bits per heavy atom. The quantitative estimate of drug-likeness (QED) is 0.680. The molecule has 78 valence electrons. The van der Waals surface area contributed by atoms with Crippen molar-refractivity contribution in [2.45, 2.75) is 19.4 Å². The minimum atomic E-state index is 0. The van der Waals surface area contributed by atoms with E-state index < -0.39 is 0 Å². The second-order valence-corrected chi connectivity index (χ2v) is 4.68. The summed E-state index contributed by atoms with van der Waals surface area (Å²) in [6, 6.07) is 8.65. The molecule has 1 aromatic rings. The first-order valence-electron chi connectivity index (χ1n) is 4.92. The molecule has 0 aliphatic carbocycles. The van der Waals surface area contributed by atoms with Gasteiger partial charge in [-0.15, -0.1) is 0 Å². The van der Waals surface area contributed by atoms with Gasteiger partial charge in [0.2, 0.25) is 0 Å². The van der Waals surface area contributed by atoms with E-state index in [1.54, 1.807) is 4.90 Å². The average Bonchev–Trinajstić information content (AvgIpc) is 2.57. The molecular weight excluding hydrogens is 261 g/mol. The van der Waals surface area contributed by atoms with E-state index in [4.69, 9.17) is 0 Å². The van der Waals surface area contributed by atoms with Crippen LogP contribution in [0.1, 0.15) is 18.4 Å². The summed E-state index contributed by atoms with van der Waals surface area (Å²) >= 11 is 3.50. The molecule has 0 bridgehead atoms. The summed E-state index contributed by atoms with van der Waals surface area (Å²) in [6.07, 6.45) is 2.81. The second-order valence-electron chi connectivity index (χ2n) is 3.76. The van der Waals surface area contributed by atoms with Gasteiger partial charge in [0.15, 0.2) is 0 Å². The molecule has 1 nitrogen and oxygen atoms in total. The molecule has 2 rings (SSSR count). The minimum absolute atomic E-state index is 0. The van der Waals surface area contributed by atoms with Gasteiger partial charge in [-0.25, -0.2) is 0 Å². The van der Waals surface area contributed by atoms with Crippen LogP contribution in [0.15, 0.2) is 28.7 Å². The third kappa shape index (κ3) is 3.26. The van der Waals surface area contributed by atoms with E-state index in [0.717, 1.165) is 0 Å². The molecule has 14 heavy (non-hydrogen) atoms. The highest BCUT2D eigenvalue weighted by atomic mass is 79.9. The number of likely N-dealkylation sites (tertiary alicyclic amines) is 1. The van der Waals surface area contributed by atoms with Crippen LogP contribution >= 0.6 is 15.9 Å². The molecule has 0 saturated carbocycles. The summed E-state index contributed by atoms with van der Waals surface area (Å²) in [4.78, 5) is 1.73. The maximum absolute atomic E-state index is 3.50. The summed E-state index contributed by atoms with van der Waals surface area (Å²) in [7, 11) is 0. The number of hydrogen-bond donors (Lipinski definition) is 1. The Hall–Kier alpha value is -0.0500. The average molecular weight is 277 g/mol. The molecule has 1 heterocycles. The van der Waals surface area contributed by atoms with E-state index in [0.29, 0.717) is 0 Å². The first kappa shape index (κ1) is 12.0. The van der Waals surface area contributed by atoms with E-state index in [1.807, 2.05) is 0 Å². The van der Waals surface area contributed by atoms with Gasteiger partial charge < -0.3 is 17.3 Å². The highest BCUT2D eigenvalue weighted by Gasteiger charge is 2.15. The highest BCUT2D eigenvalue weighted by Crippen LogP contribution is 2.10. The van der Waals surface area contributed by atoms with Crippen molar-refractivity contribution in [3.63, 3.8) is 0 Å². The predicted octanol–water partition coefficient (Wildman–Crippen LogP) is -1.37. The lowest BCUT2D eigenvalue weighted by molar-refractivity contribution is -0.901. The van der Waals surface area contributed by atoms with Gasteiger partial charge >= 0.3 is 0 Å². The largest absolute Gasteiger partial charge is 1.00 e. The van der Waals surface area contributed by atoms with Crippen molar-refractivity contribution in [2.24, 2.45) is 0 Å². The number of rotatable bonds is 2. The number of hydrogen-bond acceptors (Lipinski definition) is 0. The topological polar surface area (TPSA) is 4.44 Å². The van der Waals surface area contributed by atoms with Crippen LogP contribution in [0.5, 0.6) is 0 Å². The Labute approximate surface area is 100 Å². The third-order valence-electron chi connectivity index (χ3n) is 2.65. The fourth-order valence-electron chi connectivity index (χ4n) is 1.99. The van der Waals surface area contributed by atoms with Crippen LogP contribution in [0, 0.1) is 0 Å². The van der Waals surface area contributed by atoms with Gasteiger partial charge in [0.1, 0.15) is 6.54 Å². The van der Waals surface area contributed by atoms with Crippen LogP contribution in [0.25, 0.3) is 0 Å². The van der Waals surface area contributed by atoms with Crippen molar-refractivity contribution in [1.82, 2.24) is 0 Å². The van der Waals surface area contributed by atoms with Crippen molar-refractivity contribution in [3.05, 3.63) is 34.3 Å². The fraction of sp³-hybridized carbons (Fsp3) is 0.455. The Bertz CT molecular complexity index is 284. The molecule has 0 radical (unpaired) electrons. The molecule has 1 N–H and O–H groups in total. The minimum Gasteiger partial charge on any atom is -1.00 e. The molecule has 0 atom stereocenters. The number of benzene rings is 1. The zero-order valence-electron chi connectivity index (χ0n) is 8.10. The first-order chi connectivity index (χ1) is 6.34. The van der Waals surface area contributed by atoms with Gasteiger partial charge in [-0.3, -0.25) is 0 Å². The number of quaternary nitrogens is 1. The Balaban J connectivity index is 0.000000980. The normalized spacial score (nSPS) is 16.6. The Kier molecular flexibility index (Phi) is 4.93. The van der Waals surface area contributed by atoms with Gasteiger partial charge in [0, 0.05) is 22.9 Å². The molecule has 0 aromatic heterocycles. The second kappa shape index (κ2) is 5.74. The Morgan fingerprint density at radius 3 is 2.57 bits per heavy atom. The van der Waals surface area contributed by atoms with E-state index in [9.17, 15) is 0 Å². The molecule has 3 heteroatoms. The smallest absolute Gasteiger partial charge is 0.103 e. The molecular formula is C11H15BrClN. The lowest BCUT2D eigenvalue weighted by Gasteiger charge is -2.11. The van der Waals surface area contributed by atoms with Crippen LogP contribution in [-0.2, 0) is 6.54 Å². The molecule has 1 saturated heterocycles. The SMILES string of the molecule is Brc1cccc(C[NH+]2CCCC2)c1.[Cl-]. The molecule has 1 fully saturated rings. The summed E-state index contributed by atoms with van der Waals surface area (Å²) < 4.78 is 1.20. The predicted molar refractivity (Wildman–Crippen MR) is 57.8 cm³/mol. The lowest BCUT2D eigenvalue weighted by atomic mass is 10.2. The Morgan fingerprint density at radius 1 is 1.21 bits per heavy atom. The zero-order valence-corrected chi connectivity index (χ0v) is 10.4.